The van der Waals surface area contributed by atoms with Crippen molar-refractivity contribution in [1.29, 1.82) is 0 Å². The van der Waals surface area contributed by atoms with E-state index in [9.17, 15) is 0 Å². The molecular formula is C95H82N4O. The van der Waals surface area contributed by atoms with Gasteiger partial charge in [-0.05, 0) is 169 Å². The number of hydrogen-bond donors (Lipinski definition) is 0. The summed E-state index contributed by atoms with van der Waals surface area (Å²) in [5, 5.41) is 7.15. The van der Waals surface area contributed by atoms with Crippen molar-refractivity contribution in [3.63, 3.8) is 0 Å². The third-order valence-corrected chi connectivity index (χ3v) is 21.7. The van der Waals surface area contributed by atoms with Gasteiger partial charge in [-0.1, -0.05) is 259 Å². The topological polar surface area (TPSA) is 29.5 Å². The van der Waals surface area contributed by atoms with Crippen LogP contribution in [0.3, 0.4) is 0 Å². The van der Waals surface area contributed by atoms with E-state index < -0.39 is 0 Å². The predicted molar refractivity (Wildman–Crippen MR) is 424 cm³/mol. The lowest BCUT2D eigenvalue weighted by Crippen LogP contribution is -2.30. The Balaban J connectivity index is 1.02. The summed E-state index contributed by atoms with van der Waals surface area (Å²) in [5.74, 6) is -0.338. The van der Waals surface area contributed by atoms with Gasteiger partial charge in [0.1, 0.15) is 11.2 Å². The maximum absolute atomic E-state index is 7.84. The summed E-state index contributed by atoms with van der Waals surface area (Å²) in [4.78, 5) is 5.24. The van der Waals surface area contributed by atoms with Crippen LogP contribution in [0.2, 0.25) is 0 Å². The molecule has 0 N–H and O–H groups in total. The number of nitrogens with zero attached hydrogens (tertiary/aromatic N) is 4. The fourth-order valence-corrected chi connectivity index (χ4v) is 16.5. The van der Waals surface area contributed by atoms with Crippen molar-refractivity contribution in [2.24, 2.45) is 0 Å². The monoisotopic (exact) mass is 1290 g/mol. The van der Waals surface area contributed by atoms with Crippen LogP contribution in [0, 0.1) is 0 Å². The van der Waals surface area contributed by atoms with Gasteiger partial charge in [-0.3, -0.25) is 0 Å². The lowest BCUT2D eigenvalue weighted by atomic mass is 9.74. The minimum absolute atomic E-state index is 0.0508. The number of fused-ring (bicyclic) bond motifs is 14. The molecule has 1 unspecified atom stereocenters. The zero-order valence-corrected chi connectivity index (χ0v) is 59.3. The molecule has 0 saturated carbocycles. The number of para-hydroxylation sites is 3. The lowest BCUT2D eigenvalue weighted by molar-refractivity contribution is 0.590. The van der Waals surface area contributed by atoms with Crippen molar-refractivity contribution < 1.29 is 4.42 Å². The average molecular weight is 1300 g/mol. The summed E-state index contributed by atoms with van der Waals surface area (Å²) >= 11 is 0. The van der Waals surface area contributed by atoms with E-state index in [1.54, 1.807) is 0 Å². The number of hydrogen-bond acceptors (Lipinski definition) is 3. The molecule has 488 valence electrons. The van der Waals surface area contributed by atoms with Crippen LogP contribution in [0.1, 0.15) is 128 Å². The van der Waals surface area contributed by atoms with Crippen LogP contribution in [0.4, 0.5) is 34.1 Å². The zero-order valence-electron chi connectivity index (χ0n) is 59.3. The molecule has 18 rings (SSSR count). The summed E-state index contributed by atoms with van der Waals surface area (Å²) in [5.41, 5.74) is 30.4. The largest absolute Gasteiger partial charge is 0.456 e. The molecule has 0 spiro atoms. The minimum atomic E-state index is -0.338. The van der Waals surface area contributed by atoms with E-state index >= 15 is 0 Å². The Labute approximate surface area is 586 Å². The number of benzene rings is 13. The summed E-state index contributed by atoms with van der Waals surface area (Å²) in [6, 6.07) is 104. The first-order chi connectivity index (χ1) is 48.2. The van der Waals surface area contributed by atoms with Crippen molar-refractivity contribution >= 4 is 99.7 Å². The van der Waals surface area contributed by atoms with Crippen LogP contribution in [-0.4, -0.2) is 9.13 Å². The van der Waals surface area contributed by atoms with Gasteiger partial charge in [-0.25, -0.2) is 0 Å². The average Bonchev–Trinajstić information content (AvgIpc) is 1.13. The summed E-state index contributed by atoms with van der Waals surface area (Å²) in [6.07, 6.45) is 0. The Kier molecular flexibility index (Phi) is 13.6. The number of furan rings is 1. The highest BCUT2D eigenvalue weighted by atomic mass is 16.3. The van der Waals surface area contributed by atoms with Crippen molar-refractivity contribution in [2.75, 3.05) is 9.80 Å². The standard InChI is InChI=1S/C95H82N4O/c1-92(2,3)62-40-46-77-71(52-62)72-53-63(93(4,5)6)41-47-78(72)96(77)66-44-45-69-81(56-66)98(75-37-25-22-34-67(75)59-30-18-14-19-31-59)82-50-61(58-28-16-13-17-29-58)51-83-89(82)88(69)90-85(99(83)76-38-26-23-35-68(76)60-32-20-15-21-33-60)57-84(87-70-36-24-27-39-86(70)100-91(87)90)97-79-48-42-64(94(7,8)9)54-73(79)74-55-65(95(10,11)12)43-49-80(74)97/h13-57,88H,1-12H3. The number of anilines is 6. The van der Waals surface area contributed by atoms with E-state index in [0.29, 0.717) is 0 Å². The maximum atomic E-state index is 7.84. The molecule has 0 bridgehead atoms. The van der Waals surface area contributed by atoms with Gasteiger partial charge in [-0.15, -0.1) is 0 Å². The molecule has 2 aliphatic rings. The van der Waals surface area contributed by atoms with Gasteiger partial charge in [0, 0.05) is 60.8 Å². The molecule has 3 aromatic heterocycles. The first kappa shape index (κ1) is 61.2. The quantitative estimate of drug-likeness (QED) is 0.159. The first-order valence-electron chi connectivity index (χ1n) is 35.6. The van der Waals surface area contributed by atoms with Crippen LogP contribution in [0.25, 0.3) is 110 Å². The number of rotatable bonds is 7. The lowest BCUT2D eigenvalue weighted by Gasteiger charge is -2.46. The molecule has 0 saturated heterocycles. The molecule has 13 aromatic carbocycles. The highest BCUT2D eigenvalue weighted by Crippen LogP contribution is 2.65. The fourth-order valence-electron chi connectivity index (χ4n) is 16.5. The molecule has 0 radical (unpaired) electrons. The van der Waals surface area contributed by atoms with E-state index in [4.69, 9.17) is 4.42 Å². The van der Waals surface area contributed by atoms with Gasteiger partial charge in [0.05, 0.1) is 67.3 Å². The summed E-state index contributed by atoms with van der Waals surface area (Å²) < 4.78 is 12.9. The molecule has 100 heavy (non-hydrogen) atoms. The van der Waals surface area contributed by atoms with Crippen LogP contribution in [0.5, 0.6) is 0 Å². The fraction of sp³-hybridized carbons (Fsp3) is 0.179. The second-order valence-electron chi connectivity index (χ2n) is 32.1. The van der Waals surface area contributed by atoms with Crippen LogP contribution in [-0.2, 0) is 21.7 Å². The Hall–Kier alpha value is -11.1. The van der Waals surface area contributed by atoms with Crippen LogP contribution >= 0.6 is 0 Å². The van der Waals surface area contributed by atoms with E-state index in [1.165, 1.54) is 66.0 Å². The van der Waals surface area contributed by atoms with Crippen LogP contribution < -0.4 is 9.80 Å². The van der Waals surface area contributed by atoms with E-state index in [1.807, 2.05) is 0 Å². The molecule has 5 heterocycles. The van der Waals surface area contributed by atoms with Crippen LogP contribution in [0.15, 0.2) is 277 Å². The second kappa shape index (κ2) is 22.2. The third kappa shape index (κ3) is 9.56. The maximum Gasteiger partial charge on any atom is 0.143 e. The molecule has 5 nitrogen and oxygen atoms in total. The zero-order chi connectivity index (χ0) is 68.5. The van der Waals surface area contributed by atoms with Crippen molar-refractivity contribution in [3.05, 3.63) is 312 Å². The predicted octanol–water partition coefficient (Wildman–Crippen LogP) is 26.7. The molecule has 0 aliphatic carbocycles. The Morgan fingerprint density at radius 1 is 0.280 bits per heavy atom. The first-order valence-corrected chi connectivity index (χ1v) is 35.6. The Morgan fingerprint density at radius 3 is 1.15 bits per heavy atom. The van der Waals surface area contributed by atoms with Crippen molar-refractivity contribution in [3.8, 4) is 44.8 Å². The van der Waals surface area contributed by atoms with Gasteiger partial charge in [0.2, 0.25) is 0 Å². The normalized spacial score (nSPS) is 14.1. The Bertz CT molecular complexity index is 5850. The molecule has 0 amide bonds. The van der Waals surface area contributed by atoms with E-state index in [0.717, 1.165) is 117 Å². The molecule has 0 fully saturated rings. The second-order valence-corrected chi connectivity index (χ2v) is 32.1. The van der Waals surface area contributed by atoms with Crippen molar-refractivity contribution in [1.82, 2.24) is 9.13 Å². The molecule has 1 atom stereocenters. The highest BCUT2D eigenvalue weighted by molar-refractivity contribution is 6.18. The molecule has 16 aromatic rings. The highest BCUT2D eigenvalue weighted by Gasteiger charge is 2.45. The third-order valence-electron chi connectivity index (χ3n) is 21.7. The van der Waals surface area contributed by atoms with E-state index in [-0.39, 0.29) is 27.6 Å². The van der Waals surface area contributed by atoms with Crippen molar-refractivity contribution in [2.45, 2.75) is 111 Å². The summed E-state index contributed by atoms with van der Waals surface area (Å²) in [6.45, 7) is 27.9. The SMILES string of the molecule is CC(C)(C)c1ccc2c(c1)c1cc(C(C)(C)C)ccc1n2-c1ccc2c(c1)N(c1ccccc1-c1ccccc1)c1cc(-c3ccccc3)cc3c1C2c1c(cc(-n2c4ccc(C(C)(C)C)cc4c4cc(C(C)(C)C)ccc42)c2c1oc1ccccc12)N3c1ccccc1-c1ccccc1. The molecule has 2 aliphatic heterocycles. The van der Waals surface area contributed by atoms with Gasteiger partial charge >= 0.3 is 0 Å². The van der Waals surface area contributed by atoms with Gasteiger partial charge in [0.15, 0.2) is 0 Å². The summed E-state index contributed by atoms with van der Waals surface area (Å²) in [7, 11) is 0. The Morgan fingerprint density at radius 2 is 0.680 bits per heavy atom. The minimum Gasteiger partial charge on any atom is -0.456 e. The van der Waals surface area contributed by atoms with Gasteiger partial charge in [0.25, 0.3) is 0 Å². The van der Waals surface area contributed by atoms with Gasteiger partial charge < -0.3 is 23.4 Å². The molecule has 5 heteroatoms. The van der Waals surface area contributed by atoms with E-state index in [2.05, 4.69) is 375 Å². The molecular weight excluding hydrogens is 1210 g/mol. The smallest absolute Gasteiger partial charge is 0.143 e. The number of aromatic nitrogens is 2. The van der Waals surface area contributed by atoms with Gasteiger partial charge in [-0.2, -0.15) is 0 Å².